The molecule has 1 aliphatic heterocycles. The van der Waals surface area contributed by atoms with Crippen molar-refractivity contribution < 1.29 is 9.18 Å². The molecule has 98 valence electrons. The van der Waals surface area contributed by atoms with Gasteiger partial charge in [0.25, 0.3) is 0 Å². The fourth-order valence-electron chi connectivity index (χ4n) is 2.25. The minimum atomic E-state index is -0.327. The van der Waals surface area contributed by atoms with Gasteiger partial charge in [-0.3, -0.25) is 4.79 Å². The van der Waals surface area contributed by atoms with E-state index in [9.17, 15) is 9.18 Å². The van der Waals surface area contributed by atoms with E-state index in [2.05, 4.69) is 10.6 Å². The van der Waals surface area contributed by atoms with Crippen LogP contribution in [0.4, 0.5) is 10.1 Å². The third-order valence-corrected chi connectivity index (χ3v) is 3.69. The lowest BCUT2D eigenvalue weighted by molar-refractivity contribution is -0.126. The Balaban J connectivity index is 2.11. The van der Waals surface area contributed by atoms with E-state index in [-0.39, 0.29) is 17.1 Å². The lowest BCUT2D eigenvalue weighted by Gasteiger charge is -2.32. The zero-order chi connectivity index (χ0) is 13.2. The van der Waals surface area contributed by atoms with Crippen LogP contribution in [-0.2, 0) is 4.79 Å². The molecule has 0 radical (unpaired) electrons. The summed E-state index contributed by atoms with van der Waals surface area (Å²) in [7, 11) is 0. The van der Waals surface area contributed by atoms with Gasteiger partial charge in [0, 0.05) is 11.1 Å². The first-order chi connectivity index (χ1) is 8.51. The zero-order valence-electron chi connectivity index (χ0n) is 10.8. The third-order valence-electron chi connectivity index (χ3n) is 3.69. The molecular weight excluding hydrogens is 231 g/mol. The van der Waals surface area contributed by atoms with Gasteiger partial charge in [-0.2, -0.15) is 0 Å². The fraction of sp³-hybridized carbons (Fsp3) is 0.500. The van der Waals surface area contributed by atoms with Gasteiger partial charge < -0.3 is 10.6 Å². The maximum Gasteiger partial charge on any atom is 0.230 e. The molecule has 1 fully saturated rings. The number of carbonyl (C=O) groups is 1. The SMILES string of the molecule is Cc1cc(F)ccc1NC(=O)C1(C)CCNCC1. The van der Waals surface area contributed by atoms with E-state index in [1.54, 1.807) is 13.0 Å². The second-order valence-corrected chi connectivity index (χ2v) is 5.22. The molecule has 1 saturated heterocycles. The van der Waals surface area contributed by atoms with Crippen LogP contribution in [0.1, 0.15) is 25.3 Å². The van der Waals surface area contributed by atoms with Gasteiger partial charge in [-0.05, 0) is 56.6 Å². The Kier molecular flexibility index (Phi) is 3.66. The highest BCUT2D eigenvalue weighted by Crippen LogP contribution is 2.30. The monoisotopic (exact) mass is 250 g/mol. The van der Waals surface area contributed by atoms with Crippen molar-refractivity contribution in [3.8, 4) is 0 Å². The summed E-state index contributed by atoms with van der Waals surface area (Å²) in [5, 5.41) is 6.16. The van der Waals surface area contributed by atoms with E-state index in [1.165, 1.54) is 12.1 Å². The summed E-state index contributed by atoms with van der Waals surface area (Å²) in [4.78, 5) is 12.3. The van der Waals surface area contributed by atoms with Crippen LogP contribution in [0.25, 0.3) is 0 Å². The van der Waals surface area contributed by atoms with Crippen LogP contribution in [0.3, 0.4) is 0 Å². The molecule has 4 heteroatoms. The van der Waals surface area contributed by atoms with Gasteiger partial charge in [-0.1, -0.05) is 6.92 Å². The number of halogens is 1. The van der Waals surface area contributed by atoms with E-state index >= 15 is 0 Å². The Labute approximate surface area is 107 Å². The minimum Gasteiger partial charge on any atom is -0.325 e. The van der Waals surface area contributed by atoms with Crippen molar-refractivity contribution in [3.63, 3.8) is 0 Å². The summed E-state index contributed by atoms with van der Waals surface area (Å²) in [6.45, 7) is 5.52. The maximum atomic E-state index is 13.0. The predicted octanol–water partition coefficient (Wildman–Crippen LogP) is 2.46. The van der Waals surface area contributed by atoms with Crippen molar-refractivity contribution >= 4 is 11.6 Å². The molecule has 0 aliphatic carbocycles. The van der Waals surface area contributed by atoms with E-state index in [4.69, 9.17) is 0 Å². The molecule has 0 bridgehead atoms. The Morgan fingerprint density at radius 1 is 1.39 bits per heavy atom. The largest absolute Gasteiger partial charge is 0.325 e. The van der Waals surface area contributed by atoms with Crippen molar-refractivity contribution in [1.82, 2.24) is 5.32 Å². The fourth-order valence-corrected chi connectivity index (χ4v) is 2.25. The Morgan fingerprint density at radius 2 is 2.06 bits per heavy atom. The van der Waals surface area contributed by atoms with Crippen molar-refractivity contribution in [2.45, 2.75) is 26.7 Å². The number of benzene rings is 1. The van der Waals surface area contributed by atoms with Crippen LogP contribution in [-0.4, -0.2) is 19.0 Å². The molecule has 1 heterocycles. The number of carbonyl (C=O) groups excluding carboxylic acids is 1. The molecular formula is C14H19FN2O. The third kappa shape index (κ3) is 2.70. The smallest absolute Gasteiger partial charge is 0.230 e. The summed E-state index contributed by atoms with van der Waals surface area (Å²) in [6.07, 6.45) is 1.66. The number of anilines is 1. The van der Waals surface area contributed by atoms with Gasteiger partial charge in [0.2, 0.25) is 5.91 Å². The predicted molar refractivity (Wildman–Crippen MR) is 70.0 cm³/mol. The van der Waals surface area contributed by atoms with Gasteiger partial charge in [-0.15, -0.1) is 0 Å². The Bertz CT molecular complexity index is 453. The van der Waals surface area contributed by atoms with E-state index in [0.29, 0.717) is 5.69 Å². The standard InChI is InChI=1S/C14H19FN2O/c1-10-9-11(15)3-4-12(10)17-13(18)14(2)5-7-16-8-6-14/h3-4,9,16H,5-8H2,1-2H3,(H,17,18). The molecule has 1 amide bonds. The Morgan fingerprint density at radius 3 is 2.67 bits per heavy atom. The molecule has 1 aromatic carbocycles. The number of aryl methyl sites for hydroxylation is 1. The van der Waals surface area contributed by atoms with E-state index < -0.39 is 0 Å². The molecule has 1 aliphatic rings. The number of nitrogens with one attached hydrogen (secondary N) is 2. The Hall–Kier alpha value is -1.42. The number of hydrogen-bond acceptors (Lipinski definition) is 2. The first-order valence-corrected chi connectivity index (χ1v) is 6.30. The summed E-state index contributed by atoms with van der Waals surface area (Å²) in [5.74, 6) is -0.253. The van der Waals surface area contributed by atoms with Crippen LogP contribution in [0.2, 0.25) is 0 Å². The maximum absolute atomic E-state index is 13.0. The number of piperidine rings is 1. The van der Waals surface area contributed by atoms with E-state index in [0.717, 1.165) is 31.5 Å². The first kappa shape index (κ1) is 13.0. The lowest BCUT2D eigenvalue weighted by Crippen LogP contribution is -2.42. The molecule has 0 unspecified atom stereocenters. The lowest BCUT2D eigenvalue weighted by atomic mass is 9.80. The quantitative estimate of drug-likeness (QED) is 0.846. The van der Waals surface area contributed by atoms with Crippen LogP contribution >= 0.6 is 0 Å². The van der Waals surface area contributed by atoms with Crippen LogP contribution in [0.15, 0.2) is 18.2 Å². The van der Waals surface area contributed by atoms with Gasteiger partial charge in [0.1, 0.15) is 5.82 Å². The topological polar surface area (TPSA) is 41.1 Å². The van der Waals surface area contributed by atoms with Crippen LogP contribution < -0.4 is 10.6 Å². The highest BCUT2D eigenvalue weighted by atomic mass is 19.1. The molecule has 0 atom stereocenters. The van der Waals surface area contributed by atoms with Gasteiger partial charge in [0.15, 0.2) is 0 Å². The minimum absolute atomic E-state index is 0.0266. The summed E-state index contributed by atoms with van der Waals surface area (Å²) < 4.78 is 13.0. The molecule has 3 nitrogen and oxygen atoms in total. The molecule has 18 heavy (non-hydrogen) atoms. The average molecular weight is 250 g/mol. The highest BCUT2D eigenvalue weighted by Gasteiger charge is 2.34. The number of hydrogen-bond donors (Lipinski definition) is 2. The van der Waals surface area contributed by atoms with Crippen molar-refractivity contribution in [2.75, 3.05) is 18.4 Å². The van der Waals surface area contributed by atoms with Crippen molar-refractivity contribution in [1.29, 1.82) is 0 Å². The average Bonchev–Trinajstić information content (AvgIpc) is 2.33. The molecule has 2 rings (SSSR count). The first-order valence-electron chi connectivity index (χ1n) is 6.30. The molecule has 0 saturated carbocycles. The van der Waals surface area contributed by atoms with Crippen molar-refractivity contribution in [2.24, 2.45) is 5.41 Å². The normalized spacial score (nSPS) is 18.4. The highest BCUT2D eigenvalue weighted by molar-refractivity contribution is 5.95. The van der Waals surface area contributed by atoms with Gasteiger partial charge in [0.05, 0.1) is 0 Å². The van der Waals surface area contributed by atoms with Gasteiger partial charge in [-0.25, -0.2) is 4.39 Å². The van der Waals surface area contributed by atoms with Crippen LogP contribution in [0, 0.1) is 18.2 Å². The molecule has 2 N–H and O–H groups in total. The summed E-state index contributed by atoms with van der Waals surface area (Å²) >= 11 is 0. The molecule has 0 spiro atoms. The molecule has 1 aromatic rings. The summed E-state index contributed by atoms with van der Waals surface area (Å²) in [6, 6.07) is 4.42. The summed E-state index contributed by atoms with van der Waals surface area (Å²) in [5.41, 5.74) is 1.12. The number of rotatable bonds is 2. The second-order valence-electron chi connectivity index (χ2n) is 5.22. The van der Waals surface area contributed by atoms with Gasteiger partial charge >= 0.3 is 0 Å². The second kappa shape index (κ2) is 5.06. The number of amides is 1. The molecule has 0 aromatic heterocycles. The van der Waals surface area contributed by atoms with E-state index in [1.807, 2.05) is 6.92 Å². The van der Waals surface area contributed by atoms with Crippen molar-refractivity contribution in [3.05, 3.63) is 29.6 Å². The zero-order valence-corrected chi connectivity index (χ0v) is 10.8. The van der Waals surface area contributed by atoms with Crippen LogP contribution in [0.5, 0.6) is 0 Å².